The van der Waals surface area contributed by atoms with E-state index in [2.05, 4.69) is 57.7 Å². The number of carbonyl (C=O) groups excluding carboxylic acids is 1. The third-order valence-corrected chi connectivity index (χ3v) is 5.93. The van der Waals surface area contributed by atoms with E-state index in [-0.39, 0.29) is 11.4 Å². The van der Waals surface area contributed by atoms with Crippen molar-refractivity contribution in [1.82, 2.24) is 5.32 Å². The van der Waals surface area contributed by atoms with Crippen molar-refractivity contribution in [3.8, 4) is 0 Å². The van der Waals surface area contributed by atoms with Crippen LogP contribution < -0.4 is 5.32 Å². The number of nitrogens with one attached hydrogen (secondary N) is 1. The third-order valence-electron chi connectivity index (χ3n) is 3.42. The zero-order valence-electron chi connectivity index (χ0n) is 11.0. The van der Waals surface area contributed by atoms with Crippen molar-refractivity contribution in [2.75, 3.05) is 5.33 Å². The summed E-state index contributed by atoms with van der Waals surface area (Å²) in [6.07, 6.45) is 1.84. The summed E-state index contributed by atoms with van der Waals surface area (Å²) in [7, 11) is 0. The molecule has 1 rings (SSSR count). The lowest BCUT2D eigenvalue weighted by molar-refractivity contribution is 0.0902. The number of hydrogen-bond donors (Lipinski definition) is 1. The van der Waals surface area contributed by atoms with E-state index in [1.807, 2.05) is 25.1 Å². The van der Waals surface area contributed by atoms with Gasteiger partial charge in [-0.1, -0.05) is 41.9 Å². The minimum Gasteiger partial charge on any atom is -0.346 e. The van der Waals surface area contributed by atoms with Crippen molar-refractivity contribution < 1.29 is 4.79 Å². The molecule has 0 aromatic heterocycles. The number of halogens is 2. The van der Waals surface area contributed by atoms with E-state index >= 15 is 0 Å². The molecule has 18 heavy (non-hydrogen) atoms. The fourth-order valence-electron chi connectivity index (χ4n) is 1.78. The normalized spacial score (nSPS) is 11.4. The Morgan fingerprint density at radius 3 is 2.50 bits per heavy atom. The van der Waals surface area contributed by atoms with Gasteiger partial charge in [0.2, 0.25) is 0 Å². The van der Waals surface area contributed by atoms with Gasteiger partial charge in [-0.05, 0) is 54.0 Å². The molecule has 0 heterocycles. The number of benzene rings is 1. The van der Waals surface area contributed by atoms with Crippen LogP contribution >= 0.6 is 38.5 Å². The summed E-state index contributed by atoms with van der Waals surface area (Å²) in [4.78, 5) is 12.4. The topological polar surface area (TPSA) is 29.1 Å². The lowest BCUT2D eigenvalue weighted by Crippen LogP contribution is -2.49. The van der Waals surface area contributed by atoms with Gasteiger partial charge in [0.15, 0.2) is 0 Å². The molecule has 0 saturated carbocycles. The van der Waals surface area contributed by atoms with Gasteiger partial charge in [0.1, 0.15) is 0 Å². The highest BCUT2D eigenvalue weighted by atomic mass is 127. The van der Waals surface area contributed by atoms with Gasteiger partial charge in [0.25, 0.3) is 5.91 Å². The summed E-state index contributed by atoms with van der Waals surface area (Å²) in [5.41, 5.74) is 1.76. The molecule has 0 saturated heterocycles. The highest BCUT2D eigenvalue weighted by Crippen LogP contribution is 2.21. The van der Waals surface area contributed by atoms with Crippen LogP contribution in [0.5, 0.6) is 0 Å². The summed E-state index contributed by atoms with van der Waals surface area (Å²) >= 11 is 5.75. The average molecular weight is 424 g/mol. The Labute approximate surface area is 131 Å². The second kappa shape index (κ2) is 6.89. The van der Waals surface area contributed by atoms with Gasteiger partial charge in [-0.3, -0.25) is 4.79 Å². The Bertz CT molecular complexity index is 422. The second-order valence-corrected chi connectivity index (χ2v) is 6.15. The van der Waals surface area contributed by atoms with Gasteiger partial charge in [0.05, 0.1) is 5.56 Å². The number of rotatable bonds is 5. The quantitative estimate of drug-likeness (QED) is 0.555. The zero-order valence-corrected chi connectivity index (χ0v) is 14.8. The Hall–Kier alpha value is -0.100. The predicted octanol–water partition coefficient (Wildman–Crippen LogP) is 4.28. The number of aryl methyl sites for hydroxylation is 1. The Morgan fingerprint density at radius 2 is 2.00 bits per heavy atom. The van der Waals surface area contributed by atoms with Gasteiger partial charge >= 0.3 is 0 Å². The minimum atomic E-state index is -0.149. The van der Waals surface area contributed by atoms with Crippen LogP contribution in [0.15, 0.2) is 18.2 Å². The van der Waals surface area contributed by atoms with Crippen LogP contribution in [0.2, 0.25) is 0 Å². The smallest absolute Gasteiger partial charge is 0.252 e. The molecule has 1 aromatic rings. The van der Waals surface area contributed by atoms with Gasteiger partial charge in [-0.2, -0.15) is 0 Å². The molecule has 100 valence electrons. The van der Waals surface area contributed by atoms with Crippen LogP contribution in [0.1, 0.15) is 42.6 Å². The molecule has 0 spiro atoms. The number of carbonyl (C=O) groups is 1. The predicted molar refractivity (Wildman–Crippen MR) is 88.5 cm³/mol. The fourth-order valence-corrected chi connectivity index (χ4v) is 3.32. The van der Waals surface area contributed by atoms with E-state index in [9.17, 15) is 4.79 Å². The molecule has 1 aromatic carbocycles. The fraction of sp³-hybridized carbons (Fsp3) is 0.500. The number of amides is 1. The van der Waals surface area contributed by atoms with Gasteiger partial charge < -0.3 is 5.32 Å². The summed E-state index contributed by atoms with van der Waals surface area (Å²) < 4.78 is 1.03. The molecule has 2 nitrogen and oxygen atoms in total. The van der Waals surface area contributed by atoms with Crippen LogP contribution in [-0.4, -0.2) is 16.8 Å². The van der Waals surface area contributed by atoms with Gasteiger partial charge in [0, 0.05) is 14.4 Å². The maximum absolute atomic E-state index is 12.4. The largest absolute Gasteiger partial charge is 0.346 e. The van der Waals surface area contributed by atoms with Crippen LogP contribution in [0.4, 0.5) is 0 Å². The molecular weight excluding hydrogens is 405 g/mol. The molecular formula is C14H19BrINO. The van der Waals surface area contributed by atoms with Crippen molar-refractivity contribution >= 4 is 44.4 Å². The Balaban J connectivity index is 2.98. The Morgan fingerprint density at radius 1 is 1.39 bits per heavy atom. The standard InChI is InChI=1S/C14H19BrINO/c1-4-14(5-2,9-15)17-13(18)11-8-6-7-10(3)12(11)16/h6-8H,4-5,9H2,1-3H3,(H,17,18). The first-order valence-electron chi connectivity index (χ1n) is 6.13. The minimum absolute atomic E-state index is 0.0197. The molecule has 0 aliphatic heterocycles. The second-order valence-electron chi connectivity index (χ2n) is 4.51. The lowest BCUT2D eigenvalue weighted by Gasteiger charge is -2.31. The van der Waals surface area contributed by atoms with Crippen LogP contribution in [0, 0.1) is 10.5 Å². The molecule has 1 N–H and O–H groups in total. The molecule has 0 aliphatic rings. The van der Waals surface area contributed by atoms with Crippen molar-refractivity contribution in [2.24, 2.45) is 0 Å². The van der Waals surface area contributed by atoms with Crippen molar-refractivity contribution in [3.63, 3.8) is 0 Å². The van der Waals surface area contributed by atoms with Gasteiger partial charge in [-0.25, -0.2) is 0 Å². The summed E-state index contributed by atoms with van der Waals surface area (Å²) in [5.74, 6) is 0.0197. The summed E-state index contributed by atoms with van der Waals surface area (Å²) in [5, 5.41) is 3.95. The highest BCUT2D eigenvalue weighted by Gasteiger charge is 2.27. The average Bonchev–Trinajstić information content (AvgIpc) is 2.39. The van der Waals surface area contributed by atoms with Crippen molar-refractivity contribution in [3.05, 3.63) is 32.9 Å². The molecule has 0 unspecified atom stereocenters. The van der Waals surface area contributed by atoms with Crippen molar-refractivity contribution in [2.45, 2.75) is 39.2 Å². The molecule has 0 bridgehead atoms. The zero-order chi connectivity index (χ0) is 13.8. The SMILES string of the molecule is CCC(CC)(CBr)NC(=O)c1cccc(C)c1I. The monoisotopic (exact) mass is 423 g/mol. The first-order valence-corrected chi connectivity index (χ1v) is 8.33. The third kappa shape index (κ3) is 3.47. The maximum atomic E-state index is 12.4. The molecule has 0 atom stereocenters. The molecule has 1 amide bonds. The molecule has 0 aliphatic carbocycles. The van der Waals surface area contributed by atoms with Crippen molar-refractivity contribution in [1.29, 1.82) is 0 Å². The van der Waals surface area contributed by atoms with E-state index in [0.29, 0.717) is 0 Å². The van der Waals surface area contributed by atoms with Crippen LogP contribution in [0.25, 0.3) is 0 Å². The number of alkyl halides is 1. The molecule has 0 radical (unpaired) electrons. The van der Waals surface area contributed by atoms with E-state index in [4.69, 9.17) is 0 Å². The first kappa shape index (κ1) is 16.0. The Kier molecular flexibility index (Phi) is 6.11. The van der Waals surface area contributed by atoms with E-state index in [1.165, 1.54) is 0 Å². The number of hydrogen-bond acceptors (Lipinski definition) is 1. The lowest BCUT2D eigenvalue weighted by atomic mass is 9.95. The first-order chi connectivity index (χ1) is 8.49. The van der Waals surface area contributed by atoms with Gasteiger partial charge in [-0.15, -0.1) is 0 Å². The molecule has 4 heteroatoms. The van der Waals surface area contributed by atoms with Crippen LogP contribution in [0.3, 0.4) is 0 Å². The van der Waals surface area contributed by atoms with E-state index in [1.54, 1.807) is 0 Å². The summed E-state index contributed by atoms with van der Waals surface area (Å²) in [6.45, 7) is 6.23. The maximum Gasteiger partial charge on any atom is 0.252 e. The highest BCUT2D eigenvalue weighted by molar-refractivity contribution is 14.1. The summed E-state index contributed by atoms with van der Waals surface area (Å²) in [6, 6.07) is 5.84. The van der Waals surface area contributed by atoms with E-state index < -0.39 is 0 Å². The van der Waals surface area contributed by atoms with Crippen LogP contribution in [-0.2, 0) is 0 Å². The molecule has 0 fully saturated rings. The van der Waals surface area contributed by atoms with E-state index in [0.717, 1.165) is 32.9 Å².